The molecule has 7 nitrogen and oxygen atoms in total. The van der Waals surface area contributed by atoms with E-state index in [1.54, 1.807) is 37.6 Å². The van der Waals surface area contributed by atoms with Crippen LogP contribution in [0, 0.1) is 12.8 Å². The molecule has 30 heavy (non-hydrogen) atoms. The fourth-order valence-corrected chi connectivity index (χ4v) is 4.26. The number of ether oxygens (including phenoxy) is 3. The van der Waals surface area contributed by atoms with E-state index >= 15 is 0 Å². The van der Waals surface area contributed by atoms with Crippen LogP contribution in [-0.2, 0) is 21.2 Å². The van der Waals surface area contributed by atoms with Crippen molar-refractivity contribution in [3.8, 4) is 11.6 Å². The van der Waals surface area contributed by atoms with E-state index < -0.39 is 10.0 Å². The van der Waals surface area contributed by atoms with Gasteiger partial charge in [-0.05, 0) is 43.0 Å². The molecule has 1 aromatic carbocycles. The number of hydrogen-bond donors (Lipinski definition) is 1. The zero-order valence-corrected chi connectivity index (χ0v) is 19.2. The van der Waals surface area contributed by atoms with Crippen molar-refractivity contribution in [1.29, 1.82) is 0 Å². The molecule has 0 aliphatic heterocycles. The highest BCUT2D eigenvalue weighted by atomic mass is 32.2. The van der Waals surface area contributed by atoms with Gasteiger partial charge in [0.05, 0.1) is 18.6 Å². The zero-order chi connectivity index (χ0) is 22.1. The summed E-state index contributed by atoms with van der Waals surface area (Å²) in [7, 11) is -0.441. The lowest BCUT2D eigenvalue weighted by molar-refractivity contribution is 0.170. The number of rotatable bonds is 12. The number of hydrogen-bond acceptors (Lipinski definition) is 6. The summed E-state index contributed by atoms with van der Waals surface area (Å²) >= 11 is 0. The van der Waals surface area contributed by atoms with Crippen LogP contribution in [0.1, 0.15) is 31.4 Å². The van der Waals surface area contributed by atoms with Gasteiger partial charge in [-0.25, -0.2) is 18.1 Å². The average Bonchev–Trinajstić information content (AvgIpc) is 2.71. The summed E-state index contributed by atoms with van der Waals surface area (Å²) in [6.45, 7) is 6.98. The SMILES string of the molecule is COCCCOc1cc(C[C@H](NS(=O)(=O)c2ccc(C)cc2)C(C)C)cnc1OC. The van der Waals surface area contributed by atoms with E-state index in [4.69, 9.17) is 14.2 Å². The van der Waals surface area contributed by atoms with E-state index in [0.717, 1.165) is 17.5 Å². The topological polar surface area (TPSA) is 86.8 Å². The number of nitrogens with one attached hydrogen (secondary N) is 1. The summed E-state index contributed by atoms with van der Waals surface area (Å²) in [4.78, 5) is 4.58. The number of methoxy groups -OCH3 is 2. The van der Waals surface area contributed by atoms with E-state index in [1.807, 2.05) is 26.8 Å². The second-order valence-electron chi connectivity index (χ2n) is 7.53. The molecule has 0 saturated carbocycles. The van der Waals surface area contributed by atoms with Crippen LogP contribution in [-0.4, -0.2) is 46.9 Å². The van der Waals surface area contributed by atoms with Gasteiger partial charge in [0.2, 0.25) is 10.0 Å². The molecule has 1 N–H and O–H groups in total. The van der Waals surface area contributed by atoms with Crippen molar-refractivity contribution < 1.29 is 22.6 Å². The van der Waals surface area contributed by atoms with E-state index in [1.165, 1.54) is 7.11 Å². The Bertz CT molecular complexity index is 898. The van der Waals surface area contributed by atoms with Gasteiger partial charge >= 0.3 is 0 Å². The molecule has 1 aromatic heterocycles. The number of aromatic nitrogens is 1. The van der Waals surface area contributed by atoms with Crippen molar-refractivity contribution >= 4 is 10.0 Å². The van der Waals surface area contributed by atoms with Gasteiger partial charge in [-0.1, -0.05) is 31.5 Å². The maximum Gasteiger partial charge on any atom is 0.256 e. The van der Waals surface area contributed by atoms with Crippen molar-refractivity contribution in [3.05, 3.63) is 47.7 Å². The van der Waals surface area contributed by atoms with Crippen molar-refractivity contribution in [2.45, 2.75) is 44.6 Å². The second kappa shape index (κ2) is 11.3. The van der Waals surface area contributed by atoms with Crippen molar-refractivity contribution in [3.63, 3.8) is 0 Å². The zero-order valence-electron chi connectivity index (χ0n) is 18.3. The number of nitrogens with zero attached hydrogens (tertiary/aromatic N) is 1. The lowest BCUT2D eigenvalue weighted by Gasteiger charge is -2.23. The third kappa shape index (κ3) is 6.97. The molecule has 0 bridgehead atoms. The number of pyridine rings is 1. The Balaban J connectivity index is 2.16. The number of aryl methyl sites for hydroxylation is 1. The molecule has 0 unspecified atom stereocenters. The molecule has 2 rings (SSSR count). The summed E-state index contributed by atoms with van der Waals surface area (Å²) < 4.78 is 44.6. The van der Waals surface area contributed by atoms with Gasteiger partial charge in [-0.2, -0.15) is 0 Å². The van der Waals surface area contributed by atoms with Gasteiger partial charge in [-0.15, -0.1) is 0 Å². The van der Waals surface area contributed by atoms with Crippen LogP contribution in [0.15, 0.2) is 41.4 Å². The Hall–Kier alpha value is -2.16. The minimum atomic E-state index is -3.63. The highest BCUT2D eigenvalue weighted by molar-refractivity contribution is 7.89. The van der Waals surface area contributed by atoms with Crippen LogP contribution in [0.25, 0.3) is 0 Å². The Morgan fingerprint density at radius 2 is 1.80 bits per heavy atom. The van der Waals surface area contributed by atoms with Crippen LogP contribution < -0.4 is 14.2 Å². The molecular weight excluding hydrogens is 404 g/mol. The third-order valence-electron chi connectivity index (χ3n) is 4.72. The standard InChI is InChI=1S/C22H32N2O5S/c1-16(2)20(24-30(25,26)19-9-7-17(3)8-10-19)13-18-14-21(22(28-5)23-15-18)29-12-6-11-27-4/h7-10,14-16,20,24H,6,11-13H2,1-5H3/t20-/m0/s1. The molecule has 0 spiro atoms. The lowest BCUT2D eigenvalue weighted by Crippen LogP contribution is -2.40. The van der Waals surface area contributed by atoms with Crippen LogP contribution >= 0.6 is 0 Å². The van der Waals surface area contributed by atoms with Crippen LogP contribution in [0.5, 0.6) is 11.6 Å². The fraction of sp³-hybridized carbons (Fsp3) is 0.500. The normalized spacial score (nSPS) is 12.7. The van der Waals surface area contributed by atoms with Crippen LogP contribution in [0.2, 0.25) is 0 Å². The Morgan fingerprint density at radius 3 is 2.40 bits per heavy atom. The Labute approximate surface area is 179 Å². The predicted octanol–water partition coefficient (Wildman–Crippen LogP) is 3.36. The summed E-state index contributed by atoms with van der Waals surface area (Å²) in [5.41, 5.74) is 1.87. The predicted molar refractivity (Wildman–Crippen MR) is 117 cm³/mol. The van der Waals surface area contributed by atoms with Crippen LogP contribution in [0.3, 0.4) is 0 Å². The monoisotopic (exact) mass is 436 g/mol. The third-order valence-corrected chi connectivity index (χ3v) is 6.22. The molecule has 0 saturated heterocycles. The average molecular weight is 437 g/mol. The molecule has 0 aliphatic rings. The Kier molecular flexibility index (Phi) is 9.08. The summed E-state index contributed by atoms with van der Waals surface area (Å²) in [5.74, 6) is 1.02. The quantitative estimate of drug-likeness (QED) is 0.514. The number of benzene rings is 1. The number of sulfonamides is 1. The maximum absolute atomic E-state index is 12.8. The fourth-order valence-electron chi connectivity index (χ4n) is 2.88. The van der Waals surface area contributed by atoms with E-state index in [0.29, 0.717) is 31.3 Å². The first kappa shape index (κ1) is 24.1. The largest absolute Gasteiger partial charge is 0.488 e. The molecule has 0 fully saturated rings. The summed E-state index contributed by atoms with van der Waals surface area (Å²) in [5, 5.41) is 0. The van der Waals surface area contributed by atoms with Crippen LogP contribution in [0.4, 0.5) is 0 Å². The first-order valence-electron chi connectivity index (χ1n) is 10.0. The molecule has 1 atom stereocenters. The van der Waals surface area contributed by atoms with E-state index in [2.05, 4.69) is 9.71 Å². The van der Waals surface area contributed by atoms with Crippen molar-refractivity contribution in [2.24, 2.45) is 5.92 Å². The Morgan fingerprint density at radius 1 is 1.10 bits per heavy atom. The van der Waals surface area contributed by atoms with Gasteiger partial charge in [0, 0.05) is 32.4 Å². The lowest BCUT2D eigenvalue weighted by atomic mass is 9.98. The molecule has 1 heterocycles. The molecule has 2 aromatic rings. The van der Waals surface area contributed by atoms with Crippen molar-refractivity contribution in [1.82, 2.24) is 9.71 Å². The van der Waals surface area contributed by atoms with Gasteiger partial charge in [0.1, 0.15) is 0 Å². The second-order valence-corrected chi connectivity index (χ2v) is 9.25. The molecular formula is C22H32N2O5S. The van der Waals surface area contributed by atoms with Gasteiger partial charge in [0.25, 0.3) is 5.88 Å². The van der Waals surface area contributed by atoms with Gasteiger partial charge in [0.15, 0.2) is 5.75 Å². The first-order chi connectivity index (χ1) is 14.3. The summed E-state index contributed by atoms with van der Waals surface area (Å²) in [6, 6.07) is 8.38. The molecule has 0 radical (unpaired) electrons. The molecule has 0 amide bonds. The van der Waals surface area contributed by atoms with Gasteiger partial charge < -0.3 is 14.2 Å². The highest BCUT2D eigenvalue weighted by Crippen LogP contribution is 2.26. The minimum Gasteiger partial charge on any atom is -0.488 e. The molecule has 0 aliphatic carbocycles. The molecule has 166 valence electrons. The minimum absolute atomic E-state index is 0.0818. The highest BCUT2D eigenvalue weighted by Gasteiger charge is 2.23. The van der Waals surface area contributed by atoms with Crippen molar-refractivity contribution in [2.75, 3.05) is 27.4 Å². The van der Waals surface area contributed by atoms with E-state index in [-0.39, 0.29) is 16.9 Å². The maximum atomic E-state index is 12.8. The summed E-state index contributed by atoms with van der Waals surface area (Å²) in [6.07, 6.45) is 2.92. The van der Waals surface area contributed by atoms with Gasteiger partial charge in [-0.3, -0.25) is 0 Å². The van der Waals surface area contributed by atoms with E-state index in [9.17, 15) is 8.42 Å². The smallest absolute Gasteiger partial charge is 0.256 e. The first-order valence-corrected chi connectivity index (χ1v) is 11.5. The molecule has 8 heteroatoms.